The van der Waals surface area contributed by atoms with E-state index >= 15 is 0 Å². The van der Waals surface area contributed by atoms with Crippen molar-refractivity contribution >= 4 is 17.6 Å². The fourth-order valence-electron chi connectivity index (χ4n) is 3.40. The topological polar surface area (TPSA) is 88.1 Å². The molecule has 2 aromatic rings. The van der Waals surface area contributed by atoms with Crippen molar-refractivity contribution in [2.24, 2.45) is 0 Å². The number of carbonyl (C=O) groups is 1. The molecule has 28 heavy (non-hydrogen) atoms. The smallest absolute Gasteiger partial charge is 0.323 e. The van der Waals surface area contributed by atoms with Crippen molar-refractivity contribution in [1.82, 2.24) is 14.5 Å². The molecule has 1 aromatic heterocycles. The molecule has 2 unspecified atom stereocenters. The van der Waals surface area contributed by atoms with E-state index in [1.165, 1.54) is 7.11 Å². The number of hydrogen-bond donors (Lipinski definition) is 1. The molecule has 0 aliphatic carbocycles. The Hall–Kier alpha value is -2.13. The third-order valence-electron chi connectivity index (χ3n) is 5.04. The van der Waals surface area contributed by atoms with Gasteiger partial charge in [-0.05, 0) is 7.05 Å². The van der Waals surface area contributed by atoms with Gasteiger partial charge in [-0.25, -0.2) is 0 Å². The van der Waals surface area contributed by atoms with Crippen LogP contribution in [0.2, 0.25) is 5.02 Å². The van der Waals surface area contributed by atoms with E-state index in [1.54, 1.807) is 12.1 Å². The van der Waals surface area contributed by atoms with Gasteiger partial charge in [-0.1, -0.05) is 41.9 Å². The van der Waals surface area contributed by atoms with Gasteiger partial charge in [-0.2, -0.15) is 4.74 Å². The number of nitrogens with zero attached hydrogens (tertiary/aromatic N) is 3. The van der Waals surface area contributed by atoms with E-state index in [4.69, 9.17) is 20.9 Å². The lowest BCUT2D eigenvalue weighted by atomic mass is 10.1. The minimum absolute atomic E-state index is 0.0347. The van der Waals surface area contributed by atoms with E-state index in [0.29, 0.717) is 18.7 Å². The molecule has 2 heterocycles. The zero-order valence-corrected chi connectivity index (χ0v) is 16.6. The van der Waals surface area contributed by atoms with Crippen LogP contribution in [0.15, 0.2) is 39.6 Å². The standard InChI is InChI=1S/C19H24ClN3O5/c1-21-8-10-22(11-9-21)16(19(25)26)14(27-2)12-23-18(24)15(20)17(28-23)13-6-4-3-5-7-13/h3-7,14,16H,8-12H2,1-2H3,(H,25,26). The van der Waals surface area contributed by atoms with Gasteiger partial charge in [0.25, 0.3) is 0 Å². The van der Waals surface area contributed by atoms with Gasteiger partial charge in [0.05, 0.1) is 6.54 Å². The molecule has 1 saturated heterocycles. The van der Waals surface area contributed by atoms with Crippen LogP contribution >= 0.6 is 11.6 Å². The number of aromatic nitrogens is 1. The predicted octanol–water partition coefficient (Wildman–Crippen LogP) is 1.48. The van der Waals surface area contributed by atoms with E-state index in [9.17, 15) is 14.7 Å². The Morgan fingerprint density at radius 3 is 2.46 bits per heavy atom. The number of carboxylic acids is 1. The fraction of sp³-hybridized carbons (Fsp3) is 0.474. The molecular formula is C19H24ClN3O5. The average molecular weight is 410 g/mol. The summed E-state index contributed by atoms with van der Waals surface area (Å²) in [6.07, 6.45) is -0.774. The molecule has 9 heteroatoms. The third-order valence-corrected chi connectivity index (χ3v) is 5.37. The minimum atomic E-state index is -0.995. The Kier molecular flexibility index (Phi) is 6.56. The third kappa shape index (κ3) is 4.30. The highest BCUT2D eigenvalue weighted by molar-refractivity contribution is 6.32. The van der Waals surface area contributed by atoms with E-state index in [2.05, 4.69) is 4.90 Å². The Bertz CT molecular complexity index is 858. The normalized spacial score (nSPS) is 18.1. The van der Waals surface area contributed by atoms with Gasteiger partial charge >= 0.3 is 11.5 Å². The monoisotopic (exact) mass is 409 g/mol. The molecule has 1 aromatic carbocycles. The summed E-state index contributed by atoms with van der Waals surface area (Å²) in [7, 11) is 3.43. The van der Waals surface area contributed by atoms with Crippen molar-refractivity contribution in [3.8, 4) is 11.3 Å². The first-order valence-electron chi connectivity index (χ1n) is 9.05. The molecule has 0 spiro atoms. The molecule has 1 fully saturated rings. The summed E-state index contributed by atoms with van der Waals surface area (Å²) >= 11 is 6.18. The van der Waals surface area contributed by atoms with Gasteiger partial charge in [0.1, 0.15) is 12.1 Å². The first-order valence-corrected chi connectivity index (χ1v) is 9.43. The first kappa shape index (κ1) is 20.6. The summed E-state index contributed by atoms with van der Waals surface area (Å²) in [4.78, 5) is 28.5. The van der Waals surface area contributed by atoms with Crippen LogP contribution in [0, 0.1) is 0 Å². The lowest BCUT2D eigenvalue weighted by molar-refractivity contribution is -0.151. The number of methoxy groups -OCH3 is 1. The molecule has 152 valence electrons. The minimum Gasteiger partial charge on any atom is -0.480 e. The first-order chi connectivity index (χ1) is 13.4. The summed E-state index contributed by atoms with van der Waals surface area (Å²) in [5, 5.41) is 9.76. The second kappa shape index (κ2) is 8.91. The largest absolute Gasteiger partial charge is 0.480 e. The van der Waals surface area contributed by atoms with Gasteiger partial charge in [0.15, 0.2) is 10.8 Å². The maximum atomic E-state index is 12.5. The maximum Gasteiger partial charge on any atom is 0.323 e. The van der Waals surface area contributed by atoms with Crippen LogP contribution in [0.5, 0.6) is 0 Å². The van der Waals surface area contributed by atoms with Crippen molar-refractivity contribution < 1.29 is 19.2 Å². The Labute approximate surface area is 167 Å². The Morgan fingerprint density at radius 1 is 1.25 bits per heavy atom. The van der Waals surface area contributed by atoms with Crippen molar-refractivity contribution in [1.29, 1.82) is 0 Å². The SMILES string of the molecule is COC(Cn1oc(-c2ccccc2)c(Cl)c1=O)C(C(=O)O)N1CCN(C)CC1. The van der Waals surface area contributed by atoms with Gasteiger partial charge in [-0.3, -0.25) is 14.5 Å². The predicted molar refractivity (Wildman–Crippen MR) is 105 cm³/mol. The number of hydrogen-bond acceptors (Lipinski definition) is 6. The molecule has 0 saturated carbocycles. The summed E-state index contributed by atoms with van der Waals surface area (Å²) in [6, 6.07) is 8.15. The van der Waals surface area contributed by atoms with Gasteiger partial charge in [0, 0.05) is 38.9 Å². The van der Waals surface area contributed by atoms with Crippen molar-refractivity contribution in [2.75, 3.05) is 40.3 Å². The maximum absolute atomic E-state index is 12.5. The number of carboxylic acid groups (broad SMARTS) is 1. The summed E-state index contributed by atoms with van der Waals surface area (Å²) < 4.78 is 12.2. The molecule has 1 N–H and O–H groups in total. The summed E-state index contributed by atoms with van der Waals surface area (Å²) in [5.41, 5.74) is 0.163. The fourth-order valence-corrected chi connectivity index (χ4v) is 3.64. The zero-order valence-electron chi connectivity index (χ0n) is 15.9. The van der Waals surface area contributed by atoms with Crippen LogP contribution in [-0.4, -0.2) is 78.1 Å². The van der Waals surface area contributed by atoms with E-state index < -0.39 is 23.7 Å². The number of rotatable bonds is 7. The van der Waals surface area contributed by atoms with Crippen LogP contribution in [0.4, 0.5) is 0 Å². The molecule has 2 atom stereocenters. The van der Waals surface area contributed by atoms with E-state index in [0.717, 1.165) is 17.8 Å². The quantitative estimate of drug-likeness (QED) is 0.740. The van der Waals surface area contributed by atoms with Crippen molar-refractivity contribution in [2.45, 2.75) is 18.7 Å². The molecule has 0 radical (unpaired) electrons. The van der Waals surface area contributed by atoms with Crippen LogP contribution in [0.25, 0.3) is 11.3 Å². The van der Waals surface area contributed by atoms with Crippen molar-refractivity contribution in [3.63, 3.8) is 0 Å². The number of benzene rings is 1. The zero-order chi connectivity index (χ0) is 20.3. The van der Waals surface area contributed by atoms with E-state index in [1.807, 2.05) is 30.1 Å². The molecule has 0 amide bonds. The summed E-state index contributed by atoms with van der Waals surface area (Å²) in [5.74, 6) is -0.737. The van der Waals surface area contributed by atoms with Crippen molar-refractivity contribution in [3.05, 3.63) is 45.7 Å². The Balaban J connectivity index is 1.85. The number of halogens is 1. The number of likely N-dealkylation sites (N-methyl/N-ethyl adjacent to an activating group) is 1. The summed E-state index contributed by atoms with van der Waals surface area (Å²) in [6.45, 7) is 2.70. The second-order valence-corrected chi connectivity index (χ2v) is 7.24. The Morgan fingerprint density at radius 2 is 1.89 bits per heavy atom. The molecule has 1 aliphatic rings. The van der Waals surface area contributed by atoms with Gasteiger partial charge in [0.2, 0.25) is 0 Å². The van der Waals surface area contributed by atoms with Crippen LogP contribution in [0.1, 0.15) is 0 Å². The highest BCUT2D eigenvalue weighted by Gasteiger charge is 2.36. The van der Waals surface area contributed by atoms with E-state index in [-0.39, 0.29) is 17.3 Å². The number of aliphatic carboxylic acids is 1. The number of ether oxygens (including phenoxy) is 1. The van der Waals surface area contributed by atoms with Crippen LogP contribution in [-0.2, 0) is 16.1 Å². The highest BCUT2D eigenvalue weighted by atomic mass is 35.5. The molecule has 8 nitrogen and oxygen atoms in total. The number of piperazine rings is 1. The lowest BCUT2D eigenvalue weighted by Gasteiger charge is -2.38. The average Bonchev–Trinajstić information content (AvgIpc) is 2.97. The molecular weight excluding hydrogens is 386 g/mol. The lowest BCUT2D eigenvalue weighted by Crippen LogP contribution is -2.57. The molecule has 3 rings (SSSR count). The molecule has 0 bridgehead atoms. The van der Waals surface area contributed by atoms with Crippen LogP contribution in [0.3, 0.4) is 0 Å². The second-order valence-electron chi connectivity index (χ2n) is 6.86. The van der Waals surface area contributed by atoms with Gasteiger partial charge < -0.3 is 19.3 Å². The highest BCUT2D eigenvalue weighted by Crippen LogP contribution is 2.26. The molecule has 1 aliphatic heterocycles. The van der Waals surface area contributed by atoms with Gasteiger partial charge in [-0.15, -0.1) is 0 Å². The van der Waals surface area contributed by atoms with Crippen LogP contribution < -0.4 is 5.56 Å².